The molecule has 2 nitrogen and oxygen atoms in total. The van der Waals surface area contributed by atoms with Crippen molar-refractivity contribution in [1.29, 1.82) is 0 Å². The van der Waals surface area contributed by atoms with Gasteiger partial charge in [0.2, 0.25) is 0 Å². The maximum atomic E-state index is 2.47. The van der Waals surface area contributed by atoms with Gasteiger partial charge in [-0.15, -0.1) is 0 Å². The van der Waals surface area contributed by atoms with Gasteiger partial charge in [0.15, 0.2) is 0 Å². The summed E-state index contributed by atoms with van der Waals surface area (Å²) in [5.41, 5.74) is 19.7. The predicted octanol–water partition coefficient (Wildman–Crippen LogP) is 16.2. The number of para-hydroxylation sites is 2. The highest BCUT2D eigenvalue weighted by Gasteiger charge is 2.25. The molecule has 2 heteroatoms. The maximum absolute atomic E-state index is 2.47. The molecule has 0 saturated heterocycles. The Hall–Kier alpha value is -7.68. The summed E-state index contributed by atoms with van der Waals surface area (Å²) in [4.78, 5) is 2.47. The molecule has 0 spiro atoms. The van der Waals surface area contributed by atoms with E-state index < -0.39 is 0 Å². The van der Waals surface area contributed by atoms with Crippen LogP contribution in [0.15, 0.2) is 206 Å². The fourth-order valence-electron chi connectivity index (χ4n) is 9.61. The zero-order chi connectivity index (χ0) is 39.9. The van der Waals surface area contributed by atoms with Crippen LogP contribution in [0.5, 0.6) is 0 Å². The van der Waals surface area contributed by atoms with E-state index in [9.17, 15) is 0 Å². The number of aryl methyl sites for hydroxylation is 2. The van der Waals surface area contributed by atoms with Crippen molar-refractivity contribution in [2.45, 2.75) is 13.8 Å². The number of hydrogen-bond donors (Lipinski definition) is 0. The Labute approximate surface area is 349 Å². The molecule has 282 valence electrons. The molecule has 1 heterocycles. The molecule has 0 bridgehead atoms. The third-order valence-electron chi connectivity index (χ3n) is 12.7. The van der Waals surface area contributed by atoms with E-state index in [2.05, 4.69) is 230 Å². The van der Waals surface area contributed by atoms with Gasteiger partial charge in [0.1, 0.15) is 0 Å². The smallest absolute Gasteiger partial charge is 0.0541 e. The Morgan fingerprint density at radius 1 is 0.333 bits per heavy atom. The van der Waals surface area contributed by atoms with Crippen LogP contribution in [0.3, 0.4) is 0 Å². The molecule has 11 aromatic rings. The number of nitrogens with zero attached hydrogens (tertiary/aromatic N) is 2. The van der Waals surface area contributed by atoms with Crippen LogP contribution in [-0.4, -0.2) is 4.57 Å². The second-order valence-corrected chi connectivity index (χ2v) is 16.3. The Morgan fingerprint density at radius 2 is 0.783 bits per heavy atom. The summed E-state index contributed by atoms with van der Waals surface area (Å²) < 4.78 is 2.41. The normalized spacial score (nSPS) is 11.8. The van der Waals surface area contributed by atoms with E-state index in [4.69, 9.17) is 0 Å². The van der Waals surface area contributed by atoms with Gasteiger partial charge in [-0.3, -0.25) is 0 Å². The first-order valence-electron chi connectivity index (χ1n) is 20.8. The third kappa shape index (κ3) is 5.42. The van der Waals surface area contributed by atoms with Gasteiger partial charge in [-0.1, -0.05) is 133 Å². The van der Waals surface area contributed by atoms with Gasteiger partial charge in [0.25, 0.3) is 0 Å². The number of aromatic nitrogens is 1. The van der Waals surface area contributed by atoms with Crippen LogP contribution in [0.25, 0.3) is 93.5 Å². The van der Waals surface area contributed by atoms with E-state index in [1.165, 1.54) is 116 Å². The Balaban J connectivity index is 0.992. The molecular formula is C58H40N2. The molecule has 0 radical (unpaired) electrons. The second kappa shape index (κ2) is 13.4. The van der Waals surface area contributed by atoms with Crippen molar-refractivity contribution in [3.63, 3.8) is 0 Å². The summed E-state index contributed by atoms with van der Waals surface area (Å²) >= 11 is 0. The summed E-state index contributed by atoms with van der Waals surface area (Å²) in [7, 11) is 0. The number of hydrogen-bond acceptors (Lipinski definition) is 1. The number of benzene rings is 10. The van der Waals surface area contributed by atoms with Crippen LogP contribution in [-0.2, 0) is 0 Å². The van der Waals surface area contributed by atoms with Gasteiger partial charge in [0.05, 0.1) is 11.0 Å². The van der Waals surface area contributed by atoms with Crippen LogP contribution in [0.2, 0.25) is 0 Å². The van der Waals surface area contributed by atoms with Crippen LogP contribution >= 0.6 is 0 Å². The molecule has 0 amide bonds. The summed E-state index contributed by atoms with van der Waals surface area (Å²) in [6.45, 7) is 4.45. The van der Waals surface area contributed by atoms with Gasteiger partial charge in [0, 0.05) is 33.5 Å². The van der Waals surface area contributed by atoms with Crippen LogP contribution in [0.4, 0.5) is 17.1 Å². The number of rotatable bonds is 6. The molecule has 1 aliphatic carbocycles. The fourth-order valence-corrected chi connectivity index (χ4v) is 9.61. The van der Waals surface area contributed by atoms with Crippen LogP contribution < -0.4 is 4.90 Å². The number of fused-ring (bicyclic) bond motifs is 9. The topological polar surface area (TPSA) is 8.17 Å². The van der Waals surface area contributed by atoms with Crippen molar-refractivity contribution >= 4 is 60.4 Å². The molecule has 0 saturated carbocycles. The average Bonchev–Trinajstić information content (AvgIpc) is 3.64. The van der Waals surface area contributed by atoms with Crippen molar-refractivity contribution < 1.29 is 0 Å². The average molecular weight is 765 g/mol. The highest BCUT2D eigenvalue weighted by atomic mass is 15.1. The molecular weight excluding hydrogens is 725 g/mol. The standard InChI is InChI=1S/C58H40N2/c1-37-21-23-43(39-13-5-3-6-14-39)35-57(37)60(58-36-44(24-22-38(58)2)40-15-7-4-8-16-40)48-28-26-42-32-52-51-31-41-25-27-47(29-45(41)33-53(51)54(52)34-46(42)30-48)59-55-19-11-9-17-49(55)50-18-10-12-20-56(50)59/h3-36H,1-2H3. The third-order valence-corrected chi connectivity index (χ3v) is 12.7. The van der Waals surface area contributed by atoms with Crippen molar-refractivity contribution in [2.75, 3.05) is 4.90 Å². The molecule has 12 rings (SSSR count). The van der Waals surface area contributed by atoms with E-state index in [0.717, 1.165) is 5.69 Å². The van der Waals surface area contributed by atoms with E-state index in [1.54, 1.807) is 0 Å². The van der Waals surface area contributed by atoms with E-state index in [1.807, 2.05) is 0 Å². The Kier molecular flexibility index (Phi) is 7.70. The van der Waals surface area contributed by atoms with Crippen LogP contribution in [0, 0.1) is 13.8 Å². The minimum absolute atomic E-state index is 1.14. The maximum Gasteiger partial charge on any atom is 0.0541 e. The minimum Gasteiger partial charge on any atom is -0.310 e. The fraction of sp³-hybridized carbons (Fsp3) is 0.0345. The van der Waals surface area contributed by atoms with Crippen LogP contribution in [0.1, 0.15) is 11.1 Å². The Bertz CT molecular complexity index is 3360. The summed E-state index contributed by atoms with van der Waals surface area (Å²) in [5.74, 6) is 0. The lowest BCUT2D eigenvalue weighted by Crippen LogP contribution is -2.13. The highest BCUT2D eigenvalue weighted by Crippen LogP contribution is 2.51. The lowest BCUT2D eigenvalue weighted by Gasteiger charge is -2.30. The molecule has 0 fully saturated rings. The van der Waals surface area contributed by atoms with E-state index >= 15 is 0 Å². The minimum atomic E-state index is 1.14. The van der Waals surface area contributed by atoms with Crippen molar-refractivity contribution in [3.05, 3.63) is 217 Å². The van der Waals surface area contributed by atoms with Crippen molar-refractivity contribution in [2.24, 2.45) is 0 Å². The van der Waals surface area contributed by atoms with Crippen molar-refractivity contribution in [1.82, 2.24) is 4.57 Å². The predicted molar refractivity (Wildman–Crippen MR) is 255 cm³/mol. The zero-order valence-electron chi connectivity index (χ0n) is 33.5. The highest BCUT2D eigenvalue weighted by molar-refractivity contribution is 6.13. The molecule has 1 aliphatic rings. The molecule has 0 aliphatic heterocycles. The van der Waals surface area contributed by atoms with Gasteiger partial charge in [-0.2, -0.15) is 0 Å². The second-order valence-electron chi connectivity index (χ2n) is 16.3. The monoisotopic (exact) mass is 764 g/mol. The van der Waals surface area contributed by atoms with Crippen molar-refractivity contribution in [3.8, 4) is 50.2 Å². The van der Waals surface area contributed by atoms with Gasteiger partial charge >= 0.3 is 0 Å². The SMILES string of the molecule is Cc1ccc(-c2ccccc2)cc1N(c1ccc2cc3c(cc2c1)-c1cc2cc(-n4c5ccccc5c5ccccc54)ccc2cc1-3)c1cc(-c2ccccc2)ccc1C. The Morgan fingerprint density at radius 3 is 1.32 bits per heavy atom. The molecule has 0 unspecified atom stereocenters. The first kappa shape index (κ1) is 34.4. The van der Waals surface area contributed by atoms with Gasteiger partial charge in [-0.25, -0.2) is 0 Å². The summed E-state index contributed by atoms with van der Waals surface area (Å²) in [6, 6.07) is 76.1. The quantitative estimate of drug-likeness (QED) is 0.164. The first-order chi connectivity index (χ1) is 29.6. The van der Waals surface area contributed by atoms with Gasteiger partial charge in [-0.05, 0) is 164 Å². The van der Waals surface area contributed by atoms with Gasteiger partial charge < -0.3 is 9.47 Å². The lowest BCUT2D eigenvalue weighted by molar-refractivity contribution is 1.19. The largest absolute Gasteiger partial charge is 0.310 e. The molecule has 0 N–H and O–H groups in total. The molecule has 10 aromatic carbocycles. The summed E-state index contributed by atoms with van der Waals surface area (Å²) in [5, 5.41) is 7.55. The summed E-state index contributed by atoms with van der Waals surface area (Å²) in [6.07, 6.45) is 0. The molecule has 0 atom stereocenters. The first-order valence-corrected chi connectivity index (χ1v) is 20.8. The molecule has 1 aromatic heterocycles. The zero-order valence-corrected chi connectivity index (χ0v) is 33.5. The van der Waals surface area contributed by atoms with E-state index in [0.29, 0.717) is 0 Å². The lowest BCUT2D eigenvalue weighted by atomic mass is 9.78. The number of anilines is 3. The van der Waals surface area contributed by atoms with E-state index in [-0.39, 0.29) is 0 Å². The molecule has 60 heavy (non-hydrogen) atoms.